The van der Waals surface area contributed by atoms with Crippen molar-refractivity contribution in [2.24, 2.45) is 0 Å². The Morgan fingerprint density at radius 1 is 0.433 bits per heavy atom. The third-order valence-corrected chi connectivity index (χ3v) is 12.7. The van der Waals surface area contributed by atoms with Crippen molar-refractivity contribution < 1.29 is 0 Å². The van der Waals surface area contributed by atoms with E-state index in [1.165, 1.54) is 21.5 Å². The maximum Gasteiger partial charge on any atom is 0.220 e. The minimum Gasteiger partial charge on any atom is -0.318 e. The van der Waals surface area contributed by atoms with Gasteiger partial charge in [-0.2, -0.15) is 5.26 Å². The lowest BCUT2D eigenvalue weighted by atomic mass is 9.88. The maximum absolute atomic E-state index is 11.7. The average molecular weight is 760 g/mol. The van der Waals surface area contributed by atoms with Crippen LogP contribution in [-0.4, -0.2) is 14.1 Å². The summed E-state index contributed by atoms with van der Waals surface area (Å²) in [7, 11) is 0. The van der Waals surface area contributed by atoms with Crippen molar-refractivity contribution in [2.75, 3.05) is 0 Å². The smallest absolute Gasteiger partial charge is 0.220 e. The number of benzene rings is 10. The Hall–Kier alpha value is -8.51. The second-order valence-corrected chi connectivity index (χ2v) is 15.5. The minimum absolute atomic E-state index is 0.426. The third kappa shape index (κ3) is 4.05. The normalized spacial score (nSPS) is 12.0. The van der Waals surface area contributed by atoms with Gasteiger partial charge in [0.15, 0.2) is 0 Å². The molecule has 0 aliphatic heterocycles. The van der Waals surface area contributed by atoms with E-state index in [2.05, 4.69) is 135 Å². The number of hydrogen-bond donors (Lipinski definition) is 0. The number of fused-ring (bicyclic) bond motifs is 6. The van der Waals surface area contributed by atoms with Crippen molar-refractivity contribution >= 4 is 92.5 Å². The zero-order chi connectivity index (χ0) is 39.6. The molecular formula is C55H29N5. The molecule has 10 aromatic carbocycles. The summed E-state index contributed by atoms with van der Waals surface area (Å²) in [6.45, 7) is 9.16. The number of rotatable bonds is 4. The van der Waals surface area contributed by atoms with Crippen LogP contribution in [0.3, 0.4) is 0 Å². The van der Waals surface area contributed by atoms with Gasteiger partial charge in [0.2, 0.25) is 5.69 Å². The highest BCUT2D eigenvalue weighted by atomic mass is 15.0. The van der Waals surface area contributed by atoms with Crippen LogP contribution in [0.1, 0.15) is 5.56 Å². The predicted octanol–water partition coefficient (Wildman–Crippen LogP) is 14.5. The van der Waals surface area contributed by atoms with Gasteiger partial charge in [0, 0.05) is 49.6 Å². The standard InChI is InChI=1S/C55H29N5/c1-57-53-46(32-15-4-2-5-16-32)41(31-56)54(59-42-26-12-23-38-39-25-14-30-58-52(39)40-24-13-29-45(59)51(40)50(38)42)47(33-17-6-3-7-18-33)55(53)60-43-27-10-21-36-34-19-8-9-20-35(34)37-22-11-28-44(60)49(37)48(36)43/h2-30H. The number of nitriles is 1. The molecule has 13 rings (SSSR count). The first kappa shape index (κ1) is 32.6. The molecule has 0 radical (unpaired) electrons. The second kappa shape index (κ2) is 12.0. The molecule has 0 unspecified atom stereocenters. The van der Waals surface area contributed by atoms with E-state index in [9.17, 15) is 5.26 Å². The van der Waals surface area contributed by atoms with Crippen LogP contribution in [0.2, 0.25) is 0 Å². The van der Waals surface area contributed by atoms with E-state index in [1.807, 2.05) is 60.8 Å². The zero-order valence-corrected chi connectivity index (χ0v) is 32.0. The molecule has 3 aromatic heterocycles. The summed E-state index contributed by atoms with van der Waals surface area (Å²) in [5, 5.41) is 24.2. The van der Waals surface area contributed by atoms with E-state index in [0.29, 0.717) is 16.8 Å². The van der Waals surface area contributed by atoms with Crippen molar-refractivity contribution in [1.29, 1.82) is 5.26 Å². The molecular weight excluding hydrogens is 731 g/mol. The number of aromatic nitrogens is 3. The minimum atomic E-state index is 0.426. The highest BCUT2D eigenvalue weighted by Crippen LogP contribution is 2.54. The fourth-order valence-corrected chi connectivity index (χ4v) is 10.5. The van der Waals surface area contributed by atoms with Gasteiger partial charge in [0.1, 0.15) is 6.07 Å². The SMILES string of the molecule is [C-]#[N+]c1c(-c2ccccc2)c(C#N)c(-n2c3cccc4c5cccnc5c5cccc2c5c43)c(-c2ccccc2)c1-n1c2cccc3c4ccccc4c4cccc1c4c32. The van der Waals surface area contributed by atoms with Crippen LogP contribution in [0, 0.1) is 17.9 Å². The van der Waals surface area contributed by atoms with Crippen molar-refractivity contribution in [1.82, 2.24) is 14.1 Å². The molecule has 0 spiro atoms. The summed E-state index contributed by atoms with van der Waals surface area (Å²) in [6, 6.07) is 61.8. The van der Waals surface area contributed by atoms with Gasteiger partial charge in [-0.05, 0) is 68.4 Å². The highest BCUT2D eigenvalue weighted by Gasteiger charge is 2.33. The first-order valence-electron chi connectivity index (χ1n) is 20.1. The molecule has 0 N–H and O–H groups in total. The number of pyridine rings is 1. The number of nitrogens with zero attached hydrogens (tertiary/aromatic N) is 5. The first-order valence-corrected chi connectivity index (χ1v) is 20.1. The molecule has 5 heteroatoms. The lowest BCUT2D eigenvalue weighted by Gasteiger charge is -2.25. The van der Waals surface area contributed by atoms with Gasteiger partial charge in [-0.15, -0.1) is 0 Å². The molecule has 274 valence electrons. The summed E-state index contributed by atoms with van der Waals surface area (Å²) in [6.07, 6.45) is 1.86. The van der Waals surface area contributed by atoms with Gasteiger partial charge in [-0.25, -0.2) is 4.85 Å². The third-order valence-electron chi connectivity index (χ3n) is 12.7. The monoisotopic (exact) mass is 759 g/mol. The fourth-order valence-electron chi connectivity index (χ4n) is 10.5. The van der Waals surface area contributed by atoms with E-state index < -0.39 is 0 Å². The Kier molecular flexibility index (Phi) is 6.52. The molecule has 0 saturated heterocycles. The Morgan fingerprint density at radius 2 is 0.867 bits per heavy atom. The van der Waals surface area contributed by atoms with Crippen LogP contribution < -0.4 is 0 Å². The van der Waals surface area contributed by atoms with Crippen LogP contribution in [0.4, 0.5) is 5.69 Å². The summed E-state index contributed by atoms with van der Waals surface area (Å²) in [5.41, 5.74) is 10.4. The van der Waals surface area contributed by atoms with Crippen LogP contribution in [0.5, 0.6) is 0 Å². The molecule has 3 heterocycles. The molecule has 0 aliphatic carbocycles. The Labute approximate surface area is 343 Å². The lowest BCUT2D eigenvalue weighted by Crippen LogP contribution is -2.08. The predicted molar refractivity (Wildman–Crippen MR) is 247 cm³/mol. The molecule has 5 nitrogen and oxygen atoms in total. The van der Waals surface area contributed by atoms with Crippen LogP contribution in [0.15, 0.2) is 176 Å². The summed E-state index contributed by atoms with van der Waals surface area (Å²) in [5.74, 6) is 0. The van der Waals surface area contributed by atoms with Gasteiger partial charge >= 0.3 is 0 Å². The van der Waals surface area contributed by atoms with Gasteiger partial charge in [0.25, 0.3) is 0 Å². The quantitative estimate of drug-likeness (QED) is 0.133. The fraction of sp³-hybridized carbons (Fsp3) is 0. The van der Waals surface area contributed by atoms with Crippen LogP contribution >= 0.6 is 0 Å². The molecule has 0 aliphatic rings. The molecule has 0 amide bonds. The van der Waals surface area contributed by atoms with Gasteiger partial charge in [-0.1, -0.05) is 140 Å². The topological polar surface area (TPSA) is 50.9 Å². The maximum atomic E-state index is 11.7. The summed E-state index contributed by atoms with van der Waals surface area (Å²) in [4.78, 5) is 9.41. The van der Waals surface area contributed by atoms with E-state index in [0.717, 1.165) is 93.4 Å². The Balaban J connectivity index is 1.33. The van der Waals surface area contributed by atoms with Crippen molar-refractivity contribution in [2.45, 2.75) is 0 Å². The van der Waals surface area contributed by atoms with Crippen LogP contribution in [-0.2, 0) is 0 Å². The summed E-state index contributed by atoms with van der Waals surface area (Å²) < 4.78 is 4.62. The second-order valence-electron chi connectivity index (χ2n) is 15.5. The van der Waals surface area contributed by atoms with Crippen molar-refractivity contribution in [3.8, 4) is 39.7 Å². The van der Waals surface area contributed by atoms with E-state index >= 15 is 0 Å². The largest absolute Gasteiger partial charge is 0.318 e. The zero-order valence-electron chi connectivity index (χ0n) is 32.0. The molecule has 0 atom stereocenters. The molecule has 0 saturated carbocycles. The Morgan fingerprint density at radius 3 is 1.40 bits per heavy atom. The summed E-state index contributed by atoms with van der Waals surface area (Å²) >= 11 is 0. The van der Waals surface area contributed by atoms with Gasteiger partial charge in [0.05, 0.1) is 51.1 Å². The molecule has 0 bridgehead atoms. The van der Waals surface area contributed by atoms with Crippen molar-refractivity contribution in [3.05, 3.63) is 193 Å². The van der Waals surface area contributed by atoms with Gasteiger partial charge in [-0.3, -0.25) is 4.98 Å². The number of hydrogen-bond acceptors (Lipinski definition) is 2. The van der Waals surface area contributed by atoms with Gasteiger partial charge < -0.3 is 9.13 Å². The molecule has 13 aromatic rings. The average Bonchev–Trinajstić information content (AvgIpc) is 3.84. The van der Waals surface area contributed by atoms with Crippen molar-refractivity contribution in [3.63, 3.8) is 0 Å². The van der Waals surface area contributed by atoms with E-state index in [-0.39, 0.29) is 0 Å². The van der Waals surface area contributed by atoms with E-state index in [4.69, 9.17) is 11.6 Å². The highest BCUT2D eigenvalue weighted by molar-refractivity contribution is 6.36. The molecule has 0 fully saturated rings. The van der Waals surface area contributed by atoms with E-state index in [1.54, 1.807) is 0 Å². The molecule has 60 heavy (non-hydrogen) atoms. The van der Waals surface area contributed by atoms with Crippen LogP contribution in [0.25, 0.3) is 125 Å². The Bertz CT molecular complexity index is 3610. The first-order chi connectivity index (χ1) is 29.8. The lowest BCUT2D eigenvalue weighted by molar-refractivity contribution is 1.13.